The number of likely N-dealkylation sites (N-methyl/N-ethyl adjacent to an activating group) is 1. The molecule has 1 unspecified atom stereocenters. The van der Waals surface area contributed by atoms with E-state index in [0.717, 1.165) is 29.9 Å². The van der Waals surface area contributed by atoms with E-state index in [1.807, 2.05) is 30.3 Å². The van der Waals surface area contributed by atoms with Gasteiger partial charge >= 0.3 is 0 Å². The number of ether oxygens (including phenoxy) is 2. The fourth-order valence-electron chi connectivity index (χ4n) is 3.65. The predicted octanol–water partition coefficient (Wildman–Crippen LogP) is 3.78. The highest BCUT2D eigenvalue weighted by Gasteiger charge is 2.34. The molecule has 0 aromatic heterocycles. The number of benzene rings is 2. The van der Waals surface area contributed by atoms with Crippen molar-refractivity contribution < 1.29 is 14.3 Å². The molecule has 1 amide bonds. The molecule has 3 rings (SSSR count). The molecule has 0 radical (unpaired) electrons. The van der Waals surface area contributed by atoms with Gasteiger partial charge in [0, 0.05) is 32.6 Å². The van der Waals surface area contributed by atoms with Crippen molar-refractivity contribution in [1.29, 1.82) is 0 Å². The number of rotatable bonds is 7. The first-order valence-electron chi connectivity index (χ1n) is 10.9. The smallest absolute Gasteiger partial charge is 0.243 e. The van der Waals surface area contributed by atoms with E-state index in [-0.39, 0.29) is 48.1 Å². The Hall–Kier alpha value is -2.49. The number of fused-ring (bicyclic) bond motifs is 1. The van der Waals surface area contributed by atoms with Crippen molar-refractivity contribution in [2.24, 2.45) is 4.99 Å². The van der Waals surface area contributed by atoms with Gasteiger partial charge in [-0.15, -0.1) is 24.0 Å². The fourth-order valence-corrected chi connectivity index (χ4v) is 3.65. The Morgan fingerprint density at radius 1 is 1.18 bits per heavy atom. The maximum absolute atomic E-state index is 12.1. The van der Waals surface area contributed by atoms with Crippen molar-refractivity contribution in [2.75, 3.05) is 34.3 Å². The summed E-state index contributed by atoms with van der Waals surface area (Å²) in [5.74, 6) is 2.29. The number of carbonyl (C=O) groups excluding carboxylic acids is 1. The quantitative estimate of drug-likeness (QED) is 0.303. The highest BCUT2D eigenvalue weighted by atomic mass is 127. The van der Waals surface area contributed by atoms with Crippen LogP contribution in [0.1, 0.15) is 37.4 Å². The number of hydrogen-bond donors (Lipinski definition) is 2. The predicted molar refractivity (Wildman–Crippen MR) is 143 cm³/mol. The van der Waals surface area contributed by atoms with Gasteiger partial charge in [-0.25, -0.2) is 4.99 Å². The molecule has 1 atom stereocenters. The SMILES string of the molecule is COc1ccc(CCNC(=NCC(=O)N(C)C)NC2CC(C)(C)Oc3ccccc32)cc1.I. The summed E-state index contributed by atoms with van der Waals surface area (Å²) >= 11 is 0. The first kappa shape index (κ1) is 26.8. The van der Waals surface area contributed by atoms with Crippen LogP contribution in [0.2, 0.25) is 0 Å². The largest absolute Gasteiger partial charge is 0.497 e. The molecule has 0 bridgehead atoms. The fraction of sp³-hybridized carbons (Fsp3) is 0.440. The summed E-state index contributed by atoms with van der Waals surface area (Å²) in [4.78, 5) is 18.2. The molecule has 0 saturated carbocycles. The first-order chi connectivity index (χ1) is 15.3. The van der Waals surface area contributed by atoms with Crippen LogP contribution in [-0.2, 0) is 11.2 Å². The van der Waals surface area contributed by atoms with Gasteiger partial charge in [0.05, 0.1) is 13.2 Å². The number of nitrogens with zero attached hydrogens (tertiary/aromatic N) is 2. The van der Waals surface area contributed by atoms with Crippen molar-refractivity contribution in [1.82, 2.24) is 15.5 Å². The van der Waals surface area contributed by atoms with E-state index in [4.69, 9.17) is 9.47 Å². The average Bonchev–Trinajstić information content (AvgIpc) is 2.76. The monoisotopic (exact) mass is 566 g/mol. The van der Waals surface area contributed by atoms with E-state index in [1.54, 1.807) is 26.1 Å². The highest BCUT2D eigenvalue weighted by molar-refractivity contribution is 14.0. The van der Waals surface area contributed by atoms with Crippen LogP contribution in [-0.4, -0.2) is 56.7 Å². The van der Waals surface area contributed by atoms with Crippen LogP contribution in [0.25, 0.3) is 0 Å². The summed E-state index contributed by atoms with van der Waals surface area (Å²) < 4.78 is 11.4. The van der Waals surface area contributed by atoms with Crippen LogP contribution < -0.4 is 20.1 Å². The Morgan fingerprint density at radius 3 is 2.55 bits per heavy atom. The summed E-state index contributed by atoms with van der Waals surface area (Å²) in [6, 6.07) is 16.1. The molecule has 2 aromatic carbocycles. The van der Waals surface area contributed by atoms with E-state index in [9.17, 15) is 4.79 Å². The maximum atomic E-state index is 12.1. The van der Waals surface area contributed by atoms with Crippen LogP contribution in [0.3, 0.4) is 0 Å². The lowest BCUT2D eigenvalue weighted by Gasteiger charge is -2.38. The normalized spacial score (nSPS) is 16.5. The van der Waals surface area contributed by atoms with Gasteiger partial charge < -0.3 is 25.0 Å². The van der Waals surface area contributed by atoms with E-state index in [1.165, 1.54) is 5.56 Å². The standard InChI is InChI=1S/C25H34N4O3.HI/c1-25(2)16-21(20-8-6-7-9-22(20)32-25)28-24(27-17-23(30)29(3)4)26-15-14-18-10-12-19(31-5)13-11-18;/h6-13,21H,14-17H2,1-5H3,(H2,26,27,28);1H. The molecule has 1 heterocycles. The highest BCUT2D eigenvalue weighted by Crippen LogP contribution is 2.39. The van der Waals surface area contributed by atoms with Gasteiger partial charge in [0.1, 0.15) is 23.6 Å². The number of methoxy groups -OCH3 is 1. The van der Waals surface area contributed by atoms with E-state index in [2.05, 4.69) is 47.7 Å². The average molecular weight is 566 g/mol. The Balaban J connectivity index is 0.00000385. The summed E-state index contributed by atoms with van der Waals surface area (Å²) in [7, 11) is 5.13. The third-order valence-electron chi connectivity index (χ3n) is 5.42. The molecule has 0 aliphatic carbocycles. The molecule has 0 saturated heterocycles. The van der Waals surface area contributed by atoms with Gasteiger partial charge in [0.2, 0.25) is 5.91 Å². The summed E-state index contributed by atoms with van der Waals surface area (Å²) in [5, 5.41) is 6.93. The molecule has 180 valence electrons. The van der Waals surface area contributed by atoms with E-state index < -0.39 is 0 Å². The summed E-state index contributed by atoms with van der Waals surface area (Å²) in [5.41, 5.74) is 1.98. The van der Waals surface area contributed by atoms with Crippen LogP contribution in [0.4, 0.5) is 0 Å². The number of carbonyl (C=O) groups is 1. The molecular formula is C25H35IN4O3. The van der Waals surface area contributed by atoms with Gasteiger partial charge in [0.25, 0.3) is 0 Å². The Morgan fingerprint density at radius 2 is 1.88 bits per heavy atom. The van der Waals surface area contributed by atoms with Gasteiger partial charge in [-0.05, 0) is 44.0 Å². The Bertz CT molecular complexity index is 945. The number of aliphatic imine (C=N–C) groups is 1. The first-order valence-corrected chi connectivity index (χ1v) is 10.9. The second-order valence-electron chi connectivity index (χ2n) is 8.78. The van der Waals surface area contributed by atoms with Gasteiger partial charge in [0.15, 0.2) is 5.96 Å². The second kappa shape index (κ2) is 12.1. The number of guanidine groups is 1. The number of para-hydroxylation sites is 1. The van der Waals surface area contributed by atoms with Crippen molar-refractivity contribution in [2.45, 2.75) is 38.3 Å². The van der Waals surface area contributed by atoms with Crippen LogP contribution in [0.15, 0.2) is 53.5 Å². The second-order valence-corrected chi connectivity index (χ2v) is 8.78. The van der Waals surface area contributed by atoms with Gasteiger partial charge in [-0.1, -0.05) is 30.3 Å². The van der Waals surface area contributed by atoms with E-state index in [0.29, 0.717) is 12.5 Å². The topological polar surface area (TPSA) is 75.2 Å². The summed E-state index contributed by atoms with van der Waals surface area (Å²) in [6.45, 7) is 4.93. The lowest BCUT2D eigenvalue weighted by Crippen LogP contribution is -2.46. The molecule has 7 nitrogen and oxygen atoms in total. The lowest BCUT2D eigenvalue weighted by molar-refractivity contribution is -0.127. The molecule has 2 N–H and O–H groups in total. The van der Waals surface area contributed by atoms with Crippen molar-refractivity contribution >= 4 is 35.8 Å². The van der Waals surface area contributed by atoms with Crippen LogP contribution in [0.5, 0.6) is 11.5 Å². The minimum Gasteiger partial charge on any atom is -0.497 e. The van der Waals surface area contributed by atoms with Gasteiger partial charge in [-0.3, -0.25) is 4.79 Å². The van der Waals surface area contributed by atoms with Crippen molar-refractivity contribution in [3.05, 3.63) is 59.7 Å². The lowest BCUT2D eigenvalue weighted by atomic mass is 9.90. The van der Waals surface area contributed by atoms with Crippen molar-refractivity contribution in [3.8, 4) is 11.5 Å². The van der Waals surface area contributed by atoms with Gasteiger partial charge in [-0.2, -0.15) is 0 Å². The maximum Gasteiger partial charge on any atom is 0.243 e. The molecule has 0 fully saturated rings. The van der Waals surface area contributed by atoms with Crippen molar-refractivity contribution in [3.63, 3.8) is 0 Å². The van der Waals surface area contributed by atoms with Crippen LogP contribution >= 0.6 is 24.0 Å². The number of halogens is 1. The number of nitrogens with one attached hydrogen (secondary N) is 2. The third kappa shape index (κ3) is 7.80. The Labute approximate surface area is 214 Å². The number of hydrogen-bond acceptors (Lipinski definition) is 4. The molecule has 2 aromatic rings. The minimum absolute atomic E-state index is 0. The Kier molecular flexibility index (Phi) is 9.82. The molecule has 1 aliphatic rings. The molecule has 1 aliphatic heterocycles. The van der Waals surface area contributed by atoms with Crippen LogP contribution in [0, 0.1) is 0 Å². The molecule has 8 heteroatoms. The molecule has 33 heavy (non-hydrogen) atoms. The zero-order valence-corrected chi connectivity index (χ0v) is 22.4. The zero-order valence-electron chi connectivity index (χ0n) is 20.1. The van der Waals surface area contributed by atoms with E-state index >= 15 is 0 Å². The number of amides is 1. The summed E-state index contributed by atoms with van der Waals surface area (Å²) in [6.07, 6.45) is 1.60. The molecule has 0 spiro atoms. The molecular weight excluding hydrogens is 531 g/mol. The third-order valence-corrected chi connectivity index (χ3v) is 5.42. The minimum atomic E-state index is -0.306. The zero-order chi connectivity index (χ0) is 23.1.